The first-order valence-corrected chi connectivity index (χ1v) is 24.2. The standard InChI is InChI=1S/C64H38N2O2S/c1-2-13-44(14-3-1)66-56-31-23-42(34-54(56)55-38-53-43(35-57(55)66)24-32-63-64(53)52-17-6-9-20-62(52)69-63)41-12-10-11-40(33-41)39-21-25-45(26-22-39)65(46-27-29-50-48-15-4-7-18-58(48)67-60(50)36-46)47-28-30-51-49-16-5-8-19-59(49)68-61(51)37-47/h1-38H. The molecule has 69 heavy (non-hydrogen) atoms. The Morgan fingerprint density at radius 3 is 1.62 bits per heavy atom. The van der Waals surface area contributed by atoms with Crippen molar-refractivity contribution in [3.8, 4) is 27.9 Å². The second-order valence-electron chi connectivity index (χ2n) is 18.1. The van der Waals surface area contributed by atoms with E-state index in [-0.39, 0.29) is 0 Å². The summed E-state index contributed by atoms with van der Waals surface area (Å²) in [6.45, 7) is 0. The average Bonchev–Trinajstić information content (AvgIpc) is 4.17. The average molecular weight is 899 g/mol. The Morgan fingerprint density at radius 2 is 0.899 bits per heavy atom. The summed E-state index contributed by atoms with van der Waals surface area (Å²) in [5.41, 5.74) is 14.7. The van der Waals surface area contributed by atoms with E-state index in [2.05, 4.69) is 216 Å². The summed E-state index contributed by atoms with van der Waals surface area (Å²) in [6.07, 6.45) is 0. The minimum atomic E-state index is 0.849. The summed E-state index contributed by atoms with van der Waals surface area (Å²) in [5, 5.41) is 12.1. The number of benzene rings is 11. The molecule has 0 aliphatic heterocycles. The third kappa shape index (κ3) is 5.94. The fourth-order valence-corrected chi connectivity index (χ4v) is 12.1. The minimum absolute atomic E-state index is 0.849. The zero-order valence-electron chi connectivity index (χ0n) is 37.1. The highest BCUT2D eigenvalue weighted by Gasteiger charge is 2.20. The van der Waals surface area contributed by atoms with Crippen molar-refractivity contribution < 1.29 is 8.83 Å². The van der Waals surface area contributed by atoms with Gasteiger partial charge in [-0.2, -0.15) is 0 Å². The lowest BCUT2D eigenvalue weighted by atomic mass is 9.97. The van der Waals surface area contributed by atoms with Gasteiger partial charge in [-0.25, -0.2) is 0 Å². The van der Waals surface area contributed by atoms with E-state index in [4.69, 9.17) is 8.83 Å². The Balaban J connectivity index is 0.842. The molecule has 0 radical (unpaired) electrons. The molecule has 0 saturated heterocycles. The molecule has 0 spiro atoms. The molecule has 4 heterocycles. The number of fused-ring (bicyclic) bond motifs is 14. The molecule has 4 aromatic heterocycles. The third-order valence-corrected chi connectivity index (χ3v) is 15.3. The Morgan fingerprint density at radius 1 is 0.319 bits per heavy atom. The molecular weight excluding hydrogens is 861 g/mol. The van der Waals surface area contributed by atoms with Crippen LogP contribution in [0.3, 0.4) is 0 Å². The number of hydrogen-bond donors (Lipinski definition) is 0. The SMILES string of the molecule is c1ccc(-n2c3ccc(-c4cccc(-c5ccc(N(c6ccc7c(c6)oc6ccccc67)c6ccc7c(c6)oc6ccccc67)cc5)c4)cc3c3cc4c(ccc5sc6ccccc6c54)cc32)cc1. The van der Waals surface area contributed by atoms with Crippen LogP contribution < -0.4 is 4.90 Å². The predicted molar refractivity (Wildman–Crippen MR) is 291 cm³/mol. The molecule has 0 bridgehead atoms. The molecule has 0 saturated carbocycles. The number of para-hydroxylation sites is 3. The van der Waals surface area contributed by atoms with E-state index in [0.717, 1.165) is 77.8 Å². The first-order valence-electron chi connectivity index (χ1n) is 23.4. The summed E-state index contributed by atoms with van der Waals surface area (Å²) in [5.74, 6) is 0. The second kappa shape index (κ2) is 14.8. The monoisotopic (exact) mass is 898 g/mol. The number of nitrogens with zero attached hydrogens (tertiary/aromatic N) is 2. The highest BCUT2D eigenvalue weighted by atomic mass is 32.1. The van der Waals surface area contributed by atoms with Gasteiger partial charge in [-0.05, 0) is 136 Å². The van der Waals surface area contributed by atoms with Crippen LogP contribution >= 0.6 is 11.3 Å². The highest BCUT2D eigenvalue weighted by molar-refractivity contribution is 7.26. The maximum Gasteiger partial charge on any atom is 0.137 e. The van der Waals surface area contributed by atoms with Crippen LogP contribution in [-0.2, 0) is 0 Å². The molecule has 0 fully saturated rings. The van der Waals surface area contributed by atoms with Crippen LogP contribution in [0.1, 0.15) is 0 Å². The molecular formula is C64H38N2O2S. The number of hydrogen-bond acceptors (Lipinski definition) is 4. The van der Waals surface area contributed by atoms with Gasteiger partial charge in [0.05, 0.1) is 11.0 Å². The van der Waals surface area contributed by atoms with Gasteiger partial charge in [-0.3, -0.25) is 0 Å². The lowest BCUT2D eigenvalue weighted by molar-refractivity contribution is 0.669. The fourth-order valence-electron chi connectivity index (χ4n) is 10.9. The van der Waals surface area contributed by atoms with Crippen molar-refractivity contribution in [2.24, 2.45) is 0 Å². The van der Waals surface area contributed by atoms with Crippen LogP contribution in [0.5, 0.6) is 0 Å². The van der Waals surface area contributed by atoms with Crippen molar-refractivity contribution in [2.45, 2.75) is 0 Å². The number of thiophene rings is 1. The Hall–Kier alpha value is -8.90. The van der Waals surface area contributed by atoms with E-state index < -0.39 is 0 Å². The maximum absolute atomic E-state index is 6.41. The molecule has 15 aromatic rings. The lowest BCUT2D eigenvalue weighted by Crippen LogP contribution is -2.09. The largest absolute Gasteiger partial charge is 0.456 e. The first kappa shape index (κ1) is 38.2. The van der Waals surface area contributed by atoms with E-state index in [1.807, 2.05) is 35.6 Å². The maximum atomic E-state index is 6.41. The number of aromatic nitrogens is 1. The van der Waals surface area contributed by atoms with Crippen molar-refractivity contribution in [1.29, 1.82) is 0 Å². The molecule has 5 heteroatoms. The van der Waals surface area contributed by atoms with Gasteiger partial charge < -0.3 is 18.3 Å². The smallest absolute Gasteiger partial charge is 0.137 e. The van der Waals surface area contributed by atoms with Gasteiger partial charge in [-0.15, -0.1) is 11.3 Å². The van der Waals surface area contributed by atoms with Gasteiger partial charge in [0.1, 0.15) is 22.3 Å². The topological polar surface area (TPSA) is 34.5 Å². The Kier molecular flexibility index (Phi) is 8.20. The number of anilines is 3. The van der Waals surface area contributed by atoms with Gasteiger partial charge in [0.25, 0.3) is 0 Å². The van der Waals surface area contributed by atoms with Crippen molar-refractivity contribution in [1.82, 2.24) is 4.57 Å². The molecule has 322 valence electrons. The third-order valence-electron chi connectivity index (χ3n) is 14.2. The fraction of sp³-hybridized carbons (Fsp3) is 0. The number of rotatable bonds is 6. The summed E-state index contributed by atoms with van der Waals surface area (Å²) >= 11 is 1.87. The van der Waals surface area contributed by atoms with Crippen molar-refractivity contribution in [3.05, 3.63) is 231 Å². The molecule has 11 aromatic carbocycles. The quantitative estimate of drug-likeness (QED) is 0.167. The van der Waals surface area contributed by atoms with E-state index in [0.29, 0.717) is 0 Å². The molecule has 0 unspecified atom stereocenters. The van der Waals surface area contributed by atoms with Crippen molar-refractivity contribution in [2.75, 3.05) is 4.90 Å². The first-order chi connectivity index (χ1) is 34.2. The summed E-state index contributed by atoms with van der Waals surface area (Å²) in [7, 11) is 0. The lowest BCUT2D eigenvalue weighted by Gasteiger charge is -2.25. The van der Waals surface area contributed by atoms with Crippen molar-refractivity contribution in [3.63, 3.8) is 0 Å². The van der Waals surface area contributed by atoms with E-state index in [1.165, 1.54) is 63.9 Å². The zero-order chi connectivity index (χ0) is 45.2. The molecule has 0 atom stereocenters. The van der Waals surface area contributed by atoms with Gasteiger partial charge in [-0.1, -0.05) is 115 Å². The minimum Gasteiger partial charge on any atom is -0.456 e. The summed E-state index contributed by atoms with van der Waals surface area (Å²) in [6, 6.07) is 83.3. The van der Waals surface area contributed by atoms with Crippen molar-refractivity contribution >= 4 is 125 Å². The van der Waals surface area contributed by atoms with E-state index >= 15 is 0 Å². The molecule has 0 amide bonds. The van der Waals surface area contributed by atoms with E-state index in [1.54, 1.807) is 0 Å². The van der Waals surface area contributed by atoms with Gasteiger partial charge >= 0.3 is 0 Å². The number of furan rings is 2. The van der Waals surface area contributed by atoms with Crippen LogP contribution in [0, 0.1) is 0 Å². The predicted octanol–water partition coefficient (Wildman–Crippen LogP) is 18.9. The van der Waals surface area contributed by atoms with Gasteiger partial charge in [0.2, 0.25) is 0 Å². The molecule has 0 aliphatic rings. The molecule has 15 rings (SSSR count). The zero-order valence-corrected chi connectivity index (χ0v) is 37.9. The van der Waals surface area contributed by atoms with Crippen LogP contribution in [-0.4, -0.2) is 4.57 Å². The van der Waals surface area contributed by atoms with Crippen LogP contribution in [0.25, 0.3) is 125 Å². The molecule has 0 aliphatic carbocycles. The normalized spacial score (nSPS) is 12.1. The van der Waals surface area contributed by atoms with Crippen LogP contribution in [0.15, 0.2) is 239 Å². The Bertz CT molecular complexity index is 4440. The summed E-state index contributed by atoms with van der Waals surface area (Å²) in [4.78, 5) is 2.29. The molecule has 4 nitrogen and oxygen atoms in total. The van der Waals surface area contributed by atoms with Gasteiger partial charge in [0.15, 0.2) is 0 Å². The Labute approximate surface area is 399 Å². The van der Waals surface area contributed by atoms with E-state index in [9.17, 15) is 0 Å². The molecule has 0 N–H and O–H groups in total. The highest BCUT2D eigenvalue weighted by Crippen LogP contribution is 2.45. The van der Waals surface area contributed by atoms with Crippen LogP contribution in [0.4, 0.5) is 17.1 Å². The second-order valence-corrected chi connectivity index (χ2v) is 19.1. The van der Waals surface area contributed by atoms with Crippen LogP contribution in [0.2, 0.25) is 0 Å². The summed E-state index contributed by atoms with van der Waals surface area (Å²) < 4.78 is 17.9. The van der Waals surface area contributed by atoms with Gasteiger partial charge in [0, 0.05) is 87.4 Å².